The third-order valence-corrected chi connectivity index (χ3v) is 10.7. The lowest BCUT2D eigenvalue weighted by molar-refractivity contribution is -0.129. The number of aromatic nitrogens is 2. The second-order valence-electron chi connectivity index (χ2n) is 13.6. The molecule has 8 heteroatoms. The number of halogens is 2. The van der Waals surface area contributed by atoms with E-state index in [4.69, 9.17) is 0 Å². The summed E-state index contributed by atoms with van der Waals surface area (Å²) in [5.41, 5.74) is 4.45. The smallest absolute Gasteiger partial charge is 0.232 e. The van der Waals surface area contributed by atoms with E-state index in [0.717, 1.165) is 48.2 Å². The van der Waals surface area contributed by atoms with Crippen molar-refractivity contribution in [3.8, 4) is 23.7 Å². The van der Waals surface area contributed by atoms with E-state index < -0.39 is 0 Å². The molecule has 2 saturated heterocycles. The van der Waals surface area contributed by atoms with Crippen molar-refractivity contribution in [3.05, 3.63) is 130 Å². The Morgan fingerprint density at radius 2 is 1.00 bits per heavy atom. The molecule has 0 spiro atoms. The molecule has 2 saturated carbocycles. The van der Waals surface area contributed by atoms with Crippen LogP contribution in [-0.4, -0.2) is 57.8 Å². The number of likely N-dealkylation sites (N-methyl/N-ethyl adjacent to an activating group) is 2. The highest BCUT2D eigenvalue weighted by atomic mass is 19.1. The number of fused-ring (bicyclic) bond motifs is 2. The number of rotatable bonds is 2. The van der Waals surface area contributed by atoms with Gasteiger partial charge in [-0.3, -0.25) is 19.6 Å². The first-order valence-corrected chi connectivity index (χ1v) is 17.3. The van der Waals surface area contributed by atoms with Crippen LogP contribution in [0.25, 0.3) is 0 Å². The first-order chi connectivity index (χ1) is 24.3. The Balaban J connectivity index is 0.000000157. The summed E-state index contributed by atoms with van der Waals surface area (Å²) in [7, 11) is 3.81. The van der Waals surface area contributed by atoms with Crippen molar-refractivity contribution in [1.29, 1.82) is 0 Å². The molecule has 2 aromatic heterocycles. The van der Waals surface area contributed by atoms with Gasteiger partial charge >= 0.3 is 0 Å². The Kier molecular flexibility index (Phi) is 9.46. The molecule has 0 unspecified atom stereocenters. The van der Waals surface area contributed by atoms with Crippen LogP contribution in [0.3, 0.4) is 0 Å². The first-order valence-electron chi connectivity index (χ1n) is 17.3. The summed E-state index contributed by atoms with van der Waals surface area (Å²) in [6.45, 7) is 0. The van der Waals surface area contributed by atoms with E-state index >= 15 is 0 Å². The maximum atomic E-state index is 13.2. The van der Waals surface area contributed by atoms with Crippen molar-refractivity contribution in [2.24, 2.45) is 11.8 Å². The summed E-state index contributed by atoms with van der Waals surface area (Å²) in [6.07, 6.45) is 10.2. The number of amides is 2. The zero-order valence-electron chi connectivity index (χ0n) is 28.2. The fourth-order valence-corrected chi connectivity index (χ4v) is 8.25. The predicted molar refractivity (Wildman–Crippen MR) is 187 cm³/mol. The van der Waals surface area contributed by atoms with Gasteiger partial charge < -0.3 is 9.80 Å². The van der Waals surface area contributed by atoms with Gasteiger partial charge in [-0.2, -0.15) is 0 Å². The minimum atomic E-state index is -0.296. The number of likely N-dealkylation sites (tertiary alicyclic amines) is 2. The SMILES string of the molecule is CN1C(=O)[C@@H](c2ccc(C#Cc3cccc(F)c3)cn2)[C@@H]2CCC[C@@H]21.CN1C(=O)[C@H](c2ccc(C#Cc3cccc(F)c3)cn2)[C@H]2CCC[C@H]21. The maximum Gasteiger partial charge on any atom is 0.232 e. The van der Waals surface area contributed by atoms with Gasteiger partial charge in [0.25, 0.3) is 0 Å². The summed E-state index contributed by atoms with van der Waals surface area (Å²) >= 11 is 0. The van der Waals surface area contributed by atoms with Crippen LogP contribution in [-0.2, 0) is 9.59 Å². The van der Waals surface area contributed by atoms with Crippen LogP contribution in [0.5, 0.6) is 0 Å². The number of carbonyl (C=O) groups is 2. The second-order valence-corrected chi connectivity index (χ2v) is 13.6. The molecule has 6 nitrogen and oxygen atoms in total. The zero-order valence-corrected chi connectivity index (χ0v) is 28.2. The Morgan fingerprint density at radius 1 is 0.580 bits per heavy atom. The van der Waals surface area contributed by atoms with Gasteiger partial charge in [0.15, 0.2) is 0 Å². The van der Waals surface area contributed by atoms with Crippen LogP contribution in [0.4, 0.5) is 8.78 Å². The molecular weight excluding hydrogens is 630 g/mol. The molecule has 4 aliphatic rings. The van der Waals surface area contributed by atoms with Crippen molar-refractivity contribution in [2.45, 2.75) is 62.4 Å². The zero-order chi connectivity index (χ0) is 34.8. The molecule has 50 heavy (non-hydrogen) atoms. The van der Waals surface area contributed by atoms with Crippen LogP contribution in [0.2, 0.25) is 0 Å². The summed E-state index contributed by atoms with van der Waals surface area (Å²) in [5.74, 6) is 12.2. The molecule has 0 radical (unpaired) electrons. The van der Waals surface area contributed by atoms with Crippen molar-refractivity contribution < 1.29 is 18.4 Å². The third kappa shape index (κ3) is 6.76. The molecule has 0 N–H and O–H groups in total. The number of nitrogens with zero attached hydrogens (tertiary/aromatic N) is 4. The van der Waals surface area contributed by atoms with E-state index in [1.807, 2.05) is 48.2 Å². The molecule has 2 aliphatic heterocycles. The summed E-state index contributed by atoms with van der Waals surface area (Å²) in [6, 6.07) is 20.8. The Hall–Kier alpha value is -5.34. The summed E-state index contributed by atoms with van der Waals surface area (Å²) in [5, 5.41) is 0. The van der Waals surface area contributed by atoms with Crippen LogP contribution in [0.1, 0.15) is 84.0 Å². The van der Waals surface area contributed by atoms with E-state index in [2.05, 4.69) is 33.6 Å². The average molecular weight is 669 g/mol. The molecule has 8 rings (SSSR count). The van der Waals surface area contributed by atoms with E-state index in [1.54, 1.807) is 36.7 Å². The van der Waals surface area contributed by atoms with Crippen molar-refractivity contribution in [2.75, 3.05) is 14.1 Å². The van der Waals surface area contributed by atoms with Gasteiger partial charge in [-0.25, -0.2) is 8.78 Å². The van der Waals surface area contributed by atoms with Gasteiger partial charge in [0.05, 0.1) is 23.2 Å². The predicted octanol–water partition coefficient (Wildman–Crippen LogP) is 6.69. The lowest BCUT2D eigenvalue weighted by Crippen LogP contribution is -2.29. The quantitative estimate of drug-likeness (QED) is 0.224. The molecule has 2 aliphatic carbocycles. The lowest BCUT2D eigenvalue weighted by atomic mass is 9.89. The van der Waals surface area contributed by atoms with Crippen molar-refractivity contribution >= 4 is 11.8 Å². The van der Waals surface area contributed by atoms with E-state index in [1.165, 1.54) is 37.1 Å². The van der Waals surface area contributed by atoms with Crippen LogP contribution < -0.4 is 0 Å². The molecule has 4 heterocycles. The lowest BCUT2D eigenvalue weighted by Gasteiger charge is -2.17. The van der Waals surface area contributed by atoms with Gasteiger partial charge in [-0.1, -0.05) is 48.7 Å². The van der Waals surface area contributed by atoms with Gasteiger partial charge in [-0.15, -0.1) is 0 Å². The highest BCUT2D eigenvalue weighted by molar-refractivity contribution is 5.87. The fourth-order valence-electron chi connectivity index (χ4n) is 8.25. The highest BCUT2D eigenvalue weighted by Gasteiger charge is 2.50. The molecule has 4 fully saturated rings. The molecule has 2 amide bonds. The van der Waals surface area contributed by atoms with Crippen LogP contribution >= 0.6 is 0 Å². The number of hydrogen-bond acceptors (Lipinski definition) is 4. The van der Waals surface area contributed by atoms with Crippen molar-refractivity contribution in [1.82, 2.24) is 19.8 Å². The number of benzene rings is 2. The van der Waals surface area contributed by atoms with E-state index in [9.17, 15) is 18.4 Å². The van der Waals surface area contributed by atoms with Crippen molar-refractivity contribution in [3.63, 3.8) is 0 Å². The maximum absolute atomic E-state index is 13.2. The summed E-state index contributed by atoms with van der Waals surface area (Å²) in [4.78, 5) is 38.0. The minimum Gasteiger partial charge on any atom is -0.342 e. The Morgan fingerprint density at radius 3 is 1.38 bits per heavy atom. The van der Waals surface area contributed by atoms with E-state index in [-0.39, 0.29) is 35.3 Å². The Bertz CT molecular complexity index is 1880. The van der Waals surface area contributed by atoms with Gasteiger partial charge in [-0.05, 0) is 98.2 Å². The summed E-state index contributed by atoms with van der Waals surface area (Å²) < 4.78 is 26.4. The molecule has 4 aromatic rings. The Labute approximate surface area is 291 Å². The molecule has 2 aromatic carbocycles. The average Bonchev–Trinajstić information content (AvgIpc) is 3.90. The fraction of sp³-hybridized carbons (Fsp3) is 0.333. The topological polar surface area (TPSA) is 66.4 Å². The third-order valence-electron chi connectivity index (χ3n) is 10.7. The number of pyridine rings is 2. The molecule has 0 bridgehead atoms. The second kappa shape index (κ2) is 14.3. The molecule has 252 valence electrons. The largest absolute Gasteiger partial charge is 0.342 e. The standard InChI is InChI=1S/2C21H19FN2O/c2*1-24-19-7-3-6-17(19)20(21(24)25)18-11-10-15(13-23-18)9-8-14-4-2-5-16(22)12-14/h2*2,4-5,10-13,17,19-20H,3,6-7H2,1H3/t2*17-,19+,20-/m10/s1. The number of carbonyl (C=O) groups excluding carboxylic acids is 2. The van der Waals surface area contributed by atoms with Gasteiger partial charge in [0, 0.05) is 60.8 Å². The normalized spacial score (nSPS) is 24.8. The van der Waals surface area contributed by atoms with Gasteiger partial charge in [0.1, 0.15) is 11.6 Å². The number of hydrogen-bond donors (Lipinski definition) is 0. The highest BCUT2D eigenvalue weighted by Crippen LogP contribution is 2.47. The minimum absolute atomic E-state index is 0.122. The monoisotopic (exact) mass is 668 g/mol. The van der Waals surface area contributed by atoms with Crippen LogP contribution in [0.15, 0.2) is 85.2 Å². The van der Waals surface area contributed by atoms with E-state index in [0.29, 0.717) is 35.0 Å². The molecule has 6 atom stereocenters. The first kappa shape index (κ1) is 33.2. The molecular formula is C42H38F2N4O2. The van der Waals surface area contributed by atoms with Gasteiger partial charge in [0.2, 0.25) is 11.8 Å². The van der Waals surface area contributed by atoms with Crippen LogP contribution in [0, 0.1) is 47.2 Å².